The van der Waals surface area contributed by atoms with Crippen molar-refractivity contribution in [1.29, 1.82) is 0 Å². The Labute approximate surface area is 137 Å². The number of carbonyl (C=O) groups is 1. The molecule has 7 heteroatoms. The van der Waals surface area contributed by atoms with Crippen LogP contribution in [0.1, 0.15) is 18.2 Å². The van der Waals surface area contributed by atoms with Crippen LogP contribution in [0.4, 0.5) is 4.39 Å². The van der Waals surface area contributed by atoms with Crippen LogP contribution in [0, 0.1) is 0 Å². The Morgan fingerprint density at radius 1 is 1.50 bits per heavy atom. The Balaban J connectivity index is 1.64. The average Bonchev–Trinajstić information content (AvgIpc) is 2.92. The third kappa shape index (κ3) is 3.13. The molecule has 0 N–H and O–H groups in total. The van der Waals surface area contributed by atoms with E-state index in [0.717, 1.165) is 10.4 Å². The number of carbonyl (C=O) groups excluding carboxylic acids is 1. The quantitative estimate of drug-likeness (QED) is 0.858. The van der Waals surface area contributed by atoms with Gasteiger partial charge in [-0.15, -0.1) is 11.3 Å². The number of halogens is 2. The van der Waals surface area contributed by atoms with E-state index in [1.807, 2.05) is 11.4 Å². The summed E-state index contributed by atoms with van der Waals surface area (Å²) >= 11 is 7.31. The number of aromatic nitrogens is 2. The van der Waals surface area contributed by atoms with Crippen LogP contribution in [0.25, 0.3) is 11.3 Å². The summed E-state index contributed by atoms with van der Waals surface area (Å²) in [4.78, 5) is 22.8. The predicted octanol–water partition coefficient (Wildman–Crippen LogP) is 3.36. The fraction of sp³-hybridized carbons (Fsp3) is 0.400. The van der Waals surface area contributed by atoms with Crippen LogP contribution in [-0.4, -0.2) is 39.5 Å². The number of hydrogen-bond donors (Lipinski definition) is 0. The molecule has 3 rings (SSSR count). The van der Waals surface area contributed by atoms with Crippen LogP contribution in [0.5, 0.6) is 0 Å². The highest BCUT2D eigenvalue weighted by atomic mass is 35.5. The minimum atomic E-state index is -1.19. The second kappa shape index (κ2) is 5.93. The van der Waals surface area contributed by atoms with Crippen LogP contribution < -0.4 is 0 Å². The van der Waals surface area contributed by atoms with Crippen LogP contribution in [-0.2, 0) is 11.2 Å². The van der Waals surface area contributed by atoms with Gasteiger partial charge in [0.2, 0.25) is 5.91 Å². The molecule has 116 valence electrons. The molecule has 1 amide bonds. The van der Waals surface area contributed by atoms with Gasteiger partial charge in [-0.2, -0.15) is 0 Å². The number of nitrogens with zero attached hydrogens (tertiary/aromatic N) is 3. The summed E-state index contributed by atoms with van der Waals surface area (Å²) in [5.74, 6) is -0.0349. The van der Waals surface area contributed by atoms with Crippen molar-refractivity contribution in [3.8, 4) is 11.3 Å². The molecule has 0 atom stereocenters. The monoisotopic (exact) mass is 339 g/mol. The van der Waals surface area contributed by atoms with Gasteiger partial charge in [-0.25, -0.2) is 9.37 Å². The number of thiophene rings is 1. The fourth-order valence-corrected chi connectivity index (χ4v) is 3.40. The molecule has 0 bridgehead atoms. The van der Waals surface area contributed by atoms with E-state index in [1.165, 1.54) is 17.5 Å². The van der Waals surface area contributed by atoms with Crippen LogP contribution in [0.3, 0.4) is 0 Å². The molecular formula is C15H15ClFN3OS. The van der Waals surface area contributed by atoms with Gasteiger partial charge in [0.1, 0.15) is 10.8 Å². The second-order valence-electron chi connectivity index (χ2n) is 5.46. The predicted molar refractivity (Wildman–Crippen MR) is 84.8 cm³/mol. The zero-order chi connectivity index (χ0) is 15.7. The maximum Gasteiger partial charge on any atom is 0.228 e. The van der Waals surface area contributed by atoms with Crippen molar-refractivity contribution in [2.75, 3.05) is 13.1 Å². The topological polar surface area (TPSA) is 46.1 Å². The van der Waals surface area contributed by atoms with Gasteiger partial charge in [0, 0.05) is 15.8 Å². The van der Waals surface area contributed by atoms with Gasteiger partial charge in [0.05, 0.1) is 37.6 Å². The molecule has 1 fully saturated rings. The molecule has 1 aliphatic heterocycles. The Bertz CT molecular complexity index is 700. The molecule has 1 aliphatic rings. The maximum absolute atomic E-state index is 13.8. The van der Waals surface area contributed by atoms with Crippen molar-refractivity contribution in [3.05, 3.63) is 33.9 Å². The van der Waals surface area contributed by atoms with Gasteiger partial charge in [0.25, 0.3) is 0 Å². The van der Waals surface area contributed by atoms with Gasteiger partial charge >= 0.3 is 0 Å². The maximum atomic E-state index is 13.8. The molecule has 0 aliphatic carbocycles. The number of likely N-dealkylation sites (tertiary alicyclic amines) is 1. The number of rotatable bonds is 4. The van der Waals surface area contributed by atoms with Crippen molar-refractivity contribution >= 4 is 28.8 Å². The lowest BCUT2D eigenvalue weighted by molar-refractivity contribution is -0.144. The molecule has 0 radical (unpaired) electrons. The summed E-state index contributed by atoms with van der Waals surface area (Å²) in [5.41, 5.74) is 0.382. The van der Waals surface area contributed by atoms with Crippen molar-refractivity contribution in [2.24, 2.45) is 0 Å². The molecule has 4 nitrogen and oxygen atoms in total. The number of amides is 1. The van der Waals surface area contributed by atoms with Crippen molar-refractivity contribution in [1.82, 2.24) is 14.9 Å². The van der Waals surface area contributed by atoms with Crippen molar-refractivity contribution in [2.45, 2.75) is 25.4 Å². The lowest BCUT2D eigenvalue weighted by Crippen LogP contribution is -2.60. The number of alkyl halides is 1. The Kier molecular flexibility index (Phi) is 4.14. The first kappa shape index (κ1) is 15.4. The van der Waals surface area contributed by atoms with E-state index in [0.29, 0.717) is 23.7 Å². The molecule has 0 saturated carbocycles. The molecule has 0 aromatic carbocycles. The minimum absolute atomic E-state index is 0.0349. The first-order chi connectivity index (χ1) is 10.5. The van der Waals surface area contributed by atoms with Gasteiger partial charge in [-0.1, -0.05) is 18.5 Å². The molecule has 2 aromatic rings. The molecule has 0 unspecified atom stereocenters. The standard InChI is InChI=1S/C15H15ClFN3OS/c1-2-15(17)8-20(9-15)14(21)4-11-3-10(7-22-11)12-5-18-6-13(16)19-12/h3,5-7H,2,4,8-9H2,1H3. The Morgan fingerprint density at radius 3 is 2.95 bits per heavy atom. The van der Waals surface area contributed by atoms with Crippen LogP contribution >= 0.6 is 22.9 Å². The molecule has 2 aromatic heterocycles. The molecule has 0 spiro atoms. The second-order valence-corrected chi connectivity index (χ2v) is 6.84. The smallest absolute Gasteiger partial charge is 0.228 e. The van der Waals surface area contributed by atoms with E-state index in [1.54, 1.807) is 18.0 Å². The zero-order valence-corrected chi connectivity index (χ0v) is 13.6. The summed E-state index contributed by atoms with van der Waals surface area (Å²) in [5, 5.41) is 2.26. The van der Waals surface area contributed by atoms with Crippen molar-refractivity contribution in [3.63, 3.8) is 0 Å². The summed E-state index contributed by atoms with van der Waals surface area (Å²) in [6.07, 6.45) is 3.85. The summed E-state index contributed by atoms with van der Waals surface area (Å²) in [7, 11) is 0. The lowest BCUT2D eigenvalue weighted by atomic mass is 9.93. The van der Waals surface area contributed by atoms with Gasteiger partial charge in [-0.05, 0) is 12.5 Å². The third-order valence-electron chi connectivity index (χ3n) is 3.81. The molecule has 3 heterocycles. The highest BCUT2D eigenvalue weighted by Crippen LogP contribution is 2.30. The SMILES string of the molecule is CCC1(F)CN(C(=O)Cc2cc(-c3cncc(Cl)n3)cs2)C1. The highest BCUT2D eigenvalue weighted by molar-refractivity contribution is 7.10. The first-order valence-electron chi connectivity index (χ1n) is 7.01. The zero-order valence-electron chi connectivity index (χ0n) is 12.1. The third-order valence-corrected chi connectivity index (χ3v) is 4.93. The highest BCUT2D eigenvalue weighted by Gasteiger charge is 2.43. The Morgan fingerprint density at radius 2 is 2.27 bits per heavy atom. The van der Waals surface area contributed by atoms with E-state index < -0.39 is 5.67 Å². The van der Waals surface area contributed by atoms with Crippen LogP contribution in [0.15, 0.2) is 23.8 Å². The van der Waals surface area contributed by atoms with Crippen molar-refractivity contribution < 1.29 is 9.18 Å². The van der Waals surface area contributed by atoms with E-state index in [4.69, 9.17) is 11.6 Å². The minimum Gasteiger partial charge on any atom is -0.336 e. The summed E-state index contributed by atoms with van der Waals surface area (Å²) < 4.78 is 13.8. The summed E-state index contributed by atoms with van der Waals surface area (Å²) in [6.45, 7) is 2.22. The summed E-state index contributed by atoms with van der Waals surface area (Å²) in [6, 6.07) is 1.91. The van der Waals surface area contributed by atoms with Crippen LogP contribution in [0.2, 0.25) is 5.15 Å². The largest absolute Gasteiger partial charge is 0.336 e. The molecule has 1 saturated heterocycles. The van der Waals surface area contributed by atoms with E-state index in [2.05, 4.69) is 9.97 Å². The number of hydrogen-bond acceptors (Lipinski definition) is 4. The van der Waals surface area contributed by atoms with E-state index >= 15 is 0 Å². The van der Waals surface area contributed by atoms with E-state index in [9.17, 15) is 9.18 Å². The molecular weight excluding hydrogens is 325 g/mol. The van der Waals surface area contributed by atoms with Gasteiger partial charge in [0.15, 0.2) is 0 Å². The first-order valence-corrected chi connectivity index (χ1v) is 8.27. The van der Waals surface area contributed by atoms with Gasteiger partial charge in [-0.3, -0.25) is 9.78 Å². The fourth-order valence-electron chi connectivity index (χ4n) is 2.39. The van der Waals surface area contributed by atoms with Gasteiger partial charge < -0.3 is 4.90 Å². The normalized spacial score (nSPS) is 16.4. The molecule has 22 heavy (non-hydrogen) atoms. The Hall–Kier alpha value is -1.53. The lowest BCUT2D eigenvalue weighted by Gasteiger charge is -2.44. The van der Waals surface area contributed by atoms with E-state index in [-0.39, 0.29) is 19.0 Å². The average molecular weight is 340 g/mol.